The highest BCUT2D eigenvalue weighted by molar-refractivity contribution is 9.10. The molecular weight excluding hydrogens is 405 g/mol. The summed E-state index contributed by atoms with van der Waals surface area (Å²) in [5, 5.41) is 14.4. The highest BCUT2D eigenvalue weighted by Crippen LogP contribution is 2.36. The van der Waals surface area contributed by atoms with Crippen LogP contribution >= 0.6 is 15.9 Å². The summed E-state index contributed by atoms with van der Waals surface area (Å²) < 4.78 is 22.1. The van der Waals surface area contributed by atoms with Crippen LogP contribution in [0.2, 0.25) is 0 Å². The summed E-state index contributed by atoms with van der Waals surface area (Å²) in [5.74, 6) is -0.614. The van der Waals surface area contributed by atoms with Crippen LogP contribution in [0.3, 0.4) is 0 Å². The molecule has 1 aromatic heterocycles. The van der Waals surface area contributed by atoms with E-state index < -0.39 is 17.8 Å². The number of carbonyl (C=O) groups is 1. The molecular formula is C17H19BrFN5O2. The second-order valence-electron chi connectivity index (χ2n) is 6.02. The van der Waals surface area contributed by atoms with Crippen molar-refractivity contribution in [1.29, 1.82) is 0 Å². The molecule has 1 aliphatic heterocycles. The average Bonchev–Trinajstić information content (AvgIpc) is 3.07. The van der Waals surface area contributed by atoms with Crippen molar-refractivity contribution in [3.63, 3.8) is 0 Å². The van der Waals surface area contributed by atoms with Gasteiger partial charge in [-0.05, 0) is 42.0 Å². The van der Waals surface area contributed by atoms with Gasteiger partial charge in [0.15, 0.2) is 0 Å². The van der Waals surface area contributed by atoms with Crippen LogP contribution in [0.1, 0.15) is 44.7 Å². The lowest BCUT2D eigenvalue weighted by molar-refractivity contribution is -0.139. The number of esters is 1. The summed E-state index contributed by atoms with van der Waals surface area (Å²) >= 11 is 3.35. The van der Waals surface area contributed by atoms with Crippen molar-refractivity contribution < 1.29 is 13.9 Å². The summed E-state index contributed by atoms with van der Waals surface area (Å²) in [7, 11) is 0. The smallest absolute Gasteiger partial charge is 0.338 e. The van der Waals surface area contributed by atoms with Crippen LogP contribution in [-0.4, -0.2) is 32.8 Å². The number of carbonyl (C=O) groups excluding carboxylic acids is 1. The first-order chi connectivity index (χ1) is 12.5. The minimum atomic E-state index is -0.808. The van der Waals surface area contributed by atoms with E-state index in [1.54, 1.807) is 19.1 Å². The molecule has 0 aliphatic carbocycles. The molecule has 0 spiro atoms. The SMILES string of the molecule is CCCCCOC(=O)C1=C(C)Nc2nnnn2C1c1cc(Br)ccc1F. The van der Waals surface area contributed by atoms with Gasteiger partial charge in [-0.1, -0.05) is 40.8 Å². The summed E-state index contributed by atoms with van der Waals surface area (Å²) in [5.41, 5.74) is 1.12. The molecule has 7 nitrogen and oxygen atoms in total. The van der Waals surface area contributed by atoms with Crippen molar-refractivity contribution in [1.82, 2.24) is 20.2 Å². The zero-order valence-electron chi connectivity index (χ0n) is 14.5. The second-order valence-corrected chi connectivity index (χ2v) is 6.94. The molecule has 0 amide bonds. The Bertz CT molecular complexity index is 851. The number of ether oxygens (including phenoxy) is 1. The Morgan fingerprint density at radius 2 is 2.23 bits per heavy atom. The number of anilines is 1. The fraction of sp³-hybridized carbons (Fsp3) is 0.412. The Morgan fingerprint density at radius 3 is 3.00 bits per heavy atom. The van der Waals surface area contributed by atoms with Crippen LogP contribution in [0, 0.1) is 5.82 Å². The van der Waals surface area contributed by atoms with Crippen molar-refractivity contribution in [2.45, 2.75) is 39.2 Å². The van der Waals surface area contributed by atoms with Crippen molar-refractivity contribution in [2.24, 2.45) is 0 Å². The maximum Gasteiger partial charge on any atom is 0.338 e. The Labute approximate surface area is 158 Å². The number of tetrazole rings is 1. The first-order valence-corrected chi connectivity index (χ1v) is 9.20. The van der Waals surface area contributed by atoms with Crippen molar-refractivity contribution in [3.05, 3.63) is 45.3 Å². The number of nitrogens with one attached hydrogen (secondary N) is 1. The normalized spacial score (nSPS) is 16.2. The lowest BCUT2D eigenvalue weighted by Crippen LogP contribution is -2.30. The molecule has 1 unspecified atom stereocenters. The molecule has 1 aliphatic rings. The van der Waals surface area contributed by atoms with Crippen molar-refractivity contribution in [3.8, 4) is 0 Å². The third kappa shape index (κ3) is 3.62. The van der Waals surface area contributed by atoms with E-state index in [0.29, 0.717) is 28.3 Å². The van der Waals surface area contributed by atoms with E-state index in [4.69, 9.17) is 4.74 Å². The first kappa shape index (κ1) is 18.5. The number of halogens is 2. The summed E-state index contributed by atoms with van der Waals surface area (Å²) in [6.07, 6.45) is 2.79. The Kier molecular flexibility index (Phi) is 5.65. The number of fused-ring (bicyclic) bond motifs is 1. The van der Waals surface area contributed by atoms with Gasteiger partial charge in [-0.2, -0.15) is 4.68 Å². The number of benzene rings is 1. The van der Waals surface area contributed by atoms with Gasteiger partial charge in [0.25, 0.3) is 0 Å². The van der Waals surface area contributed by atoms with E-state index in [0.717, 1.165) is 19.3 Å². The number of aromatic nitrogens is 4. The zero-order chi connectivity index (χ0) is 18.7. The van der Waals surface area contributed by atoms with Crippen molar-refractivity contribution >= 4 is 27.8 Å². The Morgan fingerprint density at radius 1 is 1.42 bits per heavy atom. The molecule has 0 saturated heterocycles. The van der Waals surface area contributed by atoms with Crippen LogP contribution in [-0.2, 0) is 9.53 Å². The van der Waals surface area contributed by atoms with Gasteiger partial charge in [0.1, 0.15) is 11.9 Å². The minimum Gasteiger partial charge on any atom is -0.462 e. The molecule has 2 aromatic rings. The van der Waals surface area contributed by atoms with E-state index in [1.165, 1.54) is 10.7 Å². The highest BCUT2D eigenvalue weighted by atomic mass is 79.9. The first-order valence-electron chi connectivity index (χ1n) is 8.40. The highest BCUT2D eigenvalue weighted by Gasteiger charge is 2.36. The fourth-order valence-corrected chi connectivity index (χ4v) is 3.26. The molecule has 1 atom stereocenters. The van der Waals surface area contributed by atoms with Crippen LogP contribution in [0.25, 0.3) is 0 Å². The third-order valence-corrected chi connectivity index (χ3v) is 4.66. The van der Waals surface area contributed by atoms with Crippen LogP contribution in [0.4, 0.5) is 10.3 Å². The maximum absolute atomic E-state index is 14.6. The van der Waals surface area contributed by atoms with E-state index in [2.05, 4.69) is 43.7 Å². The van der Waals surface area contributed by atoms with Crippen LogP contribution < -0.4 is 5.32 Å². The average molecular weight is 424 g/mol. The van der Waals surface area contributed by atoms with Crippen molar-refractivity contribution in [2.75, 3.05) is 11.9 Å². The number of allylic oxidation sites excluding steroid dienone is 1. The van der Waals surface area contributed by atoms with E-state index >= 15 is 0 Å². The van der Waals surface area contributed by atoms with Crippen LogP contribution in [0.15, 0.2) is 33.9 Å². The number of rotatable bonds is 6. The van der Waals surface area contributed by atoms with Gasteiger partial charge in [-0.25, -0.2) is 9.18 Å². The molecule has 3 rings (SSSR count). The topological polar surface area (TPSA) is 81.9 Å². The monoisotopic (exact) mass is 423 g/mol. The Balaban J connectivity index is 2.00. The molecule has 9 heteroatoms. The van der Waals surface area contributed by atoms with E-state index in [9.17, 15) is 9.18 Å². The van der Waals surface area contributed by atoms with Gasteiger partial charge in [0, 0.05) is 15.7 Å². The van der Waals surface area contributed by atoms with Gasteiger partial charge < -0.3 is 10.1 Å². The molecule has 26 heavy (non-hydrogen) atoms. The molecule has 1 N–H and O–H groups in total. The molecule has 0 saturated carbocycles. The van der Waals surface area contributed by atoms with E-state index in [-0.39, 0.29) is 5.56 Å². The maximum atomic E-state index is 14.6. The lowest BCUT2D eigenvalue weighted by atomic mass is 9.95. The lowest BCUT2D eigenvalue weighted by Gasteiger charge is -2.27. The fourth-order valence-electron chi connectivity index (χ4n) is 2.88. The minimum absolute atomic E-state index is 0.286. The molecule has 2 heterocycles. The quantitative estimate of drug-likeness (QED) is 0.564. The molecule has 138 valence electrons. The van der Waals surface area contributed by atoms with Gasteiger partial charge in [-0.3, -0.25) is 0 Å². The number of nitrogens with zero attached hydrogens (tertiary/aromatic N) is 4. The van der Waals surface area contributed by atoms with Gasteiger partial charge >= 0.3 is 5.97 Å². The van der Waals surface area contributed by atoms with E-state index in [1.807, 2.05) is 0 Å². The molecule has 0 fully saturated rings. The second kappa shape index (κ2) is 7.94. The molecule has 0 bridgehead atoms. The largest absolute Gasteiger partial charge is 0.462 e. The Hall–Kier alpha value is -2.29. The zero-order valence-corrected chi connectivity index (χ0v) is 16.1. The van der Waals surface area contributed by atoms with Gasteiger partial charge in [0.05, 0.1) is 12.2 Å². The third-order valence-electron chi connectivity index (χ3n) is 4.17. The van der Waals surface area contributed by atoms with Gasteiger partial charge in [-0.15, -0.1) is 0 Å². The predicted octanol–water partition coefficient (Wildman–Crippen LogP) is 3.60. The number of hydrogen-bond acceptors (Lipinski definition) is 6. The van der Waals surface area contributed by atoms with Gasteiger partial charge in [0.2, 0.25) is 5.95 Å². The molecule has 1 aromatic carbocycles. The standard InChI is InChI=1S/C17H19BrFN5O2/c1-3-4-5-8-26-16(25)14-10(2)20-17-21-22-23-24(17)15(14)12-9-11(18)6-7-13(12)19/h6-7,9,15H,3-5,8H2,1-2H3,(H,20,21,23). The number of hydrogen-bond donors (Lipinski definition) is 1. The summed E-state index contributed by atoms with van der Waals surface area (Å²) in [4.78, 5) is 12.7. The predicted molar refractivity (Wildman–Crippen MR) is 96.9 cm³/mol. The molecule has 0 radical (unpaired) electrons. The van der Waals surface area contributed by atoms with Crippen LogP contribution in [0.5, 0.6) is 0 Å². The summed E-state index contributed by atoms with van der Waals surface area (Å²) in [6.45, 7) is 4.12. The summed E-state index contributed by atoms with van der Waals surface area (Å²) in [6, 6.07) is 3.75. The number of unbranched alkanes of at least 4 members (excludes halogenated alkanes) is 2.